The lowest BCUT2D eigenvalue weighted by molar-refractivity contribution is -0.140. The largest absolute Gasteiger partial charge is 0.398 e. The molecular formula is C14H12ClFN2O2. The average molecular weight is 295 g/mol. The Morgan fingerprint density at radius 3 is 2.85 bits per heavy atom. The van der Waals surface area contributed by atoms with Crippen molar-refractivity contribution >= 4 is 34.7 Å². The summed E-state index contributed by atoms with van der Waals surface area (Å²) in [5, 5.41) is -0.0347. The minimum atomic E-state index is -0.622. The lowest BCUT2D eigenvalue weighted by atomic mass is 9.92. The highest BCUT2D eigenvalue weighted by atomic mass is 35.5. The molecule has 0 spiro atoms. The van der Waals surface area contributed by atoms with Crippen molar-refractivity contribution in [2.24, 2.45) is 0 Å². The van der Waals surface area contributed by atoms with Gasteiger partial charge in [-0.1, -0.05) is 11.6 Å². The molecule has 3 rings (SSSR count). The van der Waals surface area contributed by atoms with Crippen LogP contribution in [0.1, 0.15) is 24.8 Å². The summed E-state index contributed by atoms with van der Waals surface area (Å²) in [4.78, 5) is 24.9. The van der Waals surface area contributed by atoms with Crippen molar-refractivity contribution in [2.45, 2.75) is 25.3 Å². The van der Waals surface area contributed by atoms with E-state index in [9.17, 15) is 14.0 Å². The Morgan fingerprint density at radius 1 is 1.35 bits per heavy atom. The maximum absolute atomic E-state index is 14.1. The topological polar surface area (TPSA) is 63.4 Å². The van der Waals surface area contributed by atoms with Crippen molar-refractivity contribution in [2.75, 3.05) is 5.73 Å². The number of halogens is 2. The van der Waals surface area contributed by atoms with Crippen molar-refractivity contribution in [1.29, 1.82) is 0 Å². The summed E-state index contributed by atoms with van der Waals surface area (Å²) in [6.45, 7) is 0. The Bertz CT molecular complexity index is 657. The predicted octanol–water partition coefficient (Wildman–Crippen LogP) is 2.37. The van der Waals surface area contributed by atoms with Gasteiger partial charge in [-0.15, -0.1) is 0 Å². The Balaban J connectivity index is 2.07. The van der Waals surface area contributed by atoms with E-state index in [4.69, 9.17) is 17.3 Å². The van der Waals surface area contributed by atoms with E-state index < -0.39 is 11.7 Å². The van der Waals surface area contributed by atoms with Crippen LogP contribution in [-0.4, -0.2) is 22.8 Å². The quantitative estimate of drug-likeness (QED) is 0.639. The Morgan fingerprint density at radius 2 is 2.10 bits per heavy atom. The van der Waals surface area contributed by atoms with Gasteiger partial charge in [-0.05, 0) is 30.5 Å². The van der Waals surface area contributed by atoms with Gasteiger partial charge in [0, 0.05) is 29.8 Å². The van der Waals surface area contributed by atoms with Gasteiger partial charge < -0.3 is 5.73 Å². The molecule has 1 atom stereocenters. The van der Waals surface area contributed by atoms with E-state index in [2.05, 4.69) is 0 Å². The third-order valence-electron chi connectivity index (χ3n) is 3.76. The van der Waals surface area contributed by atoms with Crippen LogP contribution >= 0.6 is 11.6 Å². The van der Waals surface area contributed by atoms with Crippen LogP contribution in [0, 0.1) is 5.82 Å². The van der Waals surface area contributed by atoms with E-state index in [0.29, 0.717) is 24.8 Å². The smallest absolute Gasteiger partial charge is 0.253 e. The molecule has 1 aromatic carbocycles. The summed E-state index contributed by atoms with van der Waals surface area (Å²) in [5.41, 5.74) is 6.71. The lowest BCUT2D eigenvalue weighted by Gasteiger charge is -2.28. The molecule has 2 N–H and O–H groups in total. The molecule has 6 heteroatoms. The summed E-state index contributed by atoms with van der Waals surface area (Å²) >= 11 is 5.77. The number of hydrogen-bond donors (Lipinski definition) is 1. The molecule has 2 aliphatic heterocycles. The van der Waals surface area contributed by atoms with Gasteiger partial charge in [0.2, 0.25) is 5.91 Å². The van der Waals surface area contributed by atoms with Gasteiger partial charge >= 0.3 is 0 Å². The maximum Gasteiger partial charge on any atom is 0.253 e. The van der Waals surface area contributed by atoms with Gasteiger partial charge in [-0.2, -0.15) is 0 Å². The number of nitrogens with two attached hydrogens (primary N) is 1. The molecule has 1 fully saturated rings. The van der Waals surface area contributed by atoms with Crippen molar-refractivity contribution in [3.63, 3.8) is 0 Å². The normalized spacial score (nSPS) is 22.0. The number of imide groups is 1. The monoisotopic (exact) mass is 294 g/mol. The van der Waals surface area contributed by atoms with Gasteiger partial charge in [-0.25, -0.2) is 4.39 Å². The number of fused-ring (bicyclic) bond motifs is 1. The van der Waals surface area contributed by atoms with Crippen molar-refractivity contribution in [3.05, 3.63) is 34.6 Å². The maximum atomic E-state index is 14.1. The highest BCUT2D eigenvalue weighted by Gasteiger charge is 2.39. The minimum absolute atomic E-state index is 0.0347. The summed E-state index contributed by atoms with van der Waals surface area (Å²) in [7, 11) is 0. The summed E-state index contributed by atoms with van der Waals surface area (Å²) in [6, 6.07) is 2.69. The molecule has 104 valence electrons. The number of benzene rings is 1. The molecule has 2 amide bonds. The second kappa shape index (κ2) is 4.59. The zero-order valence-electron chi connectivity index (χ0n) is 10.5. The SMILES string of the molecule is Nc1ccc(Cl)c(F)c1C1=CC(=O)N2C(=O)CCC2C1. The van der Waals surface area contributed by atoms with E-state index in [0.717, 1.165) is 0 Å². The van der Waals surface area contributed by atoms with E-state index in [1.165, 1.54) is 23.1 Å². The highest BCUT2D eigenvalue weighted by Crippen LogP contribution is 2.38. The van der Waals surface area contributed by atoms with Crippen LogP contribution in [0.2, 0.25) is 5.02 Å². The first-order valence-corrected chi connectivity index (χ1v) is 6.67. The standard InChI is InChI=1S/C14H12ClFN2O2/c15-9-2-3-10(17)13(14(9)16)7-5-8-1-4-11(19)18(8)12(20)6-7/h2-3,6,8H,1,4-5,17H2. The molecule has 2 aliphatic rings. The summed E-state index contributed by atoms with van der Waals surface area (Å²) in [6.07, 6.45) is 2.65. The van der Waals surface area contributed by atoms with Crippen LogP contribution < -0.4 is 5.73 Å². The van der Waals surface area contributed by atoms with Gasteiger partial charge in [0.1, 0.15) is 0 Å². The first kappa shape index (κ1) is 13.1. The fourth-order valence-corrected chi connectivity index (χ4v) is 2.99. The molecule has 0 saturated carbocycles. The molecule has 2 heterocycles. The lowest BCUT2D eigenvalue weighted by Crippen LogP contribution is -2.40. The van der Waals surface area contributed by atoms with E-state index in [1.807, 2.05) is 0 Å². The zero-order chi connectivity index (χ0) is 14.4. The molecule has 4 nitrogen and oxygen atoms in total. The van der Waals surface area contributed by atoms with E-state index in [-0.39, 0.29) is 28.2 Å². The predicted molar refractivity (Wildman–Crippen MR) is 73.3 cm³/mol. The Kier molecular flexibility index (Phi) is 3.01. The first-order valence-electron chi connectivity index (χ1n) is 6.29. The molecule has 20 heavy (non-hydrogen) atoms. The zero-order valence-corrected chi connectivity index (χ0v) is 11.3. The molecule has 0 radical (unpaired) electrons. The number of carbonyl (C=O) groups excluding carboxylic acids is 2. The van der Waals surface area contributed by atoms with Crippen LogP contribution in [0.5, 0.6) is 0 Å². The molecule has 1 aromatic rings. The third kappa shape index (κ3) is 1.89. The number of amides is 2. The Hall–Kier alpha value is -1.88. The number of nitrogen functional groups attached to an aromatic ring is 1. The van der Waals surface area contributed by atoms with Gasteiger partial charge in [0.25, 0.3) is 5.91 Å². The molecule has 0 aliphatic carbocycles. The number of nitrogens with zero attached hydrogens (tertiary/aromatic N) is 1. The average Bonchev–Trinajstić information content (AvgIpc) is 2.77. The Labute approximate surface area is 120 Å². The molecular weight excluding hydrogens is 283 g/mol. The molecule has 0 bridgehead atoms. The van der Waals surface area contributed by atoms with Crippen LogP contribution in [0.15, 0.2) is 18.2 Å². The van der Waals surface area contributed by atoms with E-state index >= 15 is 0 Å². The van der Waals surface area contributed by atoms with Crippen LogP contribution in [0.3, 0.4) is 0 Å². The molecule has 1 unspecified atom stereocenters. The highest BCUT2D eigenvalue weighted by molar-refractivity contribution is 6.31. The molecule has 1 saturated heterocycles. The number of hydrogen-bond acceptors (Lipinski definition) is 3. The summed E-state index contributed by atoms with van der Waals surface area (Å²) in [5.74, 6) is -1.20. The van der Waals surface area contributed by atoms with Crippen molar-refractivity contribution in [1.82, 2.24) is 4.90 Å². The number of anilines is 1. The first-order chi connectivity index (χ1) is 9.49. The van der Waals surface area contributed by atoms with E-state index in [1.54, 1.807) is 0 Å². The fourth-order valence-electron chi connectivity index (χ4n) is 2.84. The minimum Gasteiger partial charge on any atom is -0.398 e. The van der Waals surface area contributed by atoms with Crippen molar-refractivity contribution < 1.29 is 14.0 Å². The van der Waals surface area contributed by atoms with Gasteiger partial charge in [-0.3, -0.25) is 14.5 Å². The van der Waals surface area contributed by atoms with Crippen LogP contribution in [0.25, 0.3) is 5.57 Å². The van der Waals surface area contributed by atoms with Crippen molar-refractivity contribution in [3.8, 4) is 0 Å². The van der Waals surface area contributed by atoms with Crippen LogP contribution in [-0.2, 0) is 9.59 Å². The fraction of sp³-hybridized carbons (Fsp3) is 0.286. The van der Waals surface area contributed by atoms with Crippen LogP contribution in [0.4, 0.5) is 10.1 Å². The molecule has 0 aromatic heterocycles. The number of rotatable bonds is 1. The second-order valence-electron chi connectivity index (χ2n) is 4.99. The van der Waals surface area contributed by atoms with Gasteiger partial charge in [0.05, 0.1) is 5.02 Å². The summed E-state index contributed by atoms with van der Waals surface area (Å²) < 4.78 is 14.1. The third-order valence-corrected chi connectivity index (χ3v) is 4.06. The van der Waals surface area contributed by atoms with Gasteiger partial charge in [0.15, 0.2) is 5.82 Å². The number of carbonyl (C=O) groups is 2. The second-order valence-corrected chi connectivity index (χ2v) is 5.40.